The van der Waals surface area contributed by atoms with E-state index in [1.807, 2.05) is 12.1 Å². The van der Waals surface area contributed by atoms with Crippen molar-refractivity contribution >= 4 is 18.9 Å². The summed E-state index contributed by atoms with van der Waals surface area (Å²) in [5.41, 5.74) is 1.57. The third kappa shape index (κ3) is 3.91. The maximum absolute atomic E-state index is 13.7. The minimum Gasteiger partial charge on any atom is -0.379 e. The second kappa shape index (κ2) is 5.98. The van der Waals surface area contributed by atoms with Gasteiger partial charge in [0.25, 0.3) is 0 Å². The molecule has 0 radical (unpaired) electrons. The Labute approximate surface area is 126 Å². The molecular formula is C17H21F2NSi. The molecule has 0 amide bonds. The number of anilines is 1. The molecule has 0 unspecified atom stereocenters. The van der Waals surface area contributed by atoms with Gasteiger partial charge in [0.1, 0.15) is 11.6 Å². The van der Waals surface area contributed by atoms with E-state index in [1.54, 1.807) is 6.92 Å². The van der Waals surface area contributed by atoms with Crippen molar-refractivity contribution < 1.29 is 8.78 Å². The molecule has 112 valence electrons. The number of rotatable bonds is 4. The molecule has 2 aromatic rings. The molecule has 2 aromatic carbocycles. The third-order valence-corrected chi connectivity index (χ3v) is 5.62. The first-order chi connectivity index (χ1) is 9.77. The van der Waals surface area contributed by atoms with E-state index in [-0.39, 0.29) is 5.69 Å². The van der Waals surface area contributed by atoms with Gasteiger partial charge in [-0.2, -0.15) is 0 Å². The minimum atomic E-state index is -1.30. The van der Waals surface area contributed by atoms with Gasteiger partial charge in [-0.05, 0) is 24.1 Å². The highest BCUT2D eigenvalue weighted by Gasteiger charge is 2.15. The van der Waals surface area contributed by atoms with Crippen LogP contribution >= 0.6 is 0 Å². The molecule has 0 heterocycles. The average molecular weight is 305 g/mol. The van der Waals surface area contributed by atoms with Crippen molar-refractivity contribution in [3.8, 4) is 0 Å². The van der Waals surface area contributed by atoms with E-state index in [0.29, 0.717) is 12.1 Å². The first kappa shape index (κ1) is 15.7. The van der Waals surface area contributed by atoms with Crippen molar-refractivity contribution in [1.29, 1.82) is 0 Å². The summed E-state index contributed by atoms with van der Waals surface area (Å²) in [4.78, 5) is 0. The number of halogens is 2. The van der Waals surface area contributed by atoms with Gasteiger partial charge in [0.05, 0.1) is 13.8 Å². The zero-order valence-corrected chi connectivity index (χ0v) is 13.9. The standard InChI is InChI=1S/C17H21F2NSi/c1-12-9-16(19)17(10-15(12)18)20-11-13-5-7-14(8-6-13)21(2,3)4/h5-10,20H,11H2,1-4H3. The van der Waals surface area contributed by atoms with Crippen LogP contribution in [0.3, 0.4) is 0 Å². The maximum Gasteiger partial charge on any atom is 0.146 e. The quantitative estimate of drug-likeness (QED) is 0.824. The minimum absolute atomic E-state index is 0.201. The summed E-state index contributed by atoms with van der Waals surface area (Å²) in [6, 6.07) is 10.8. The zero-order valence-electron chi connectivity index (χ0n) is 12.9. The van der Waals surface area contributed by atoms with Gasteiger partial charge >= 0.3 is 0 Å². The Bertz CT molecular complexity index is 630. The molecule has 0 atom stereocenters. The third-order valence-electron chi connectivity index (χ3n) is 3.55. The Balaban J connectivity index is 2.08. The lowest BCUT2D eigenvalue weighted by atomic mass is 10.2. The van der Waals surface area contributed by atoms with Crippen LogP contribution in [-0.2, 0) is 6.54 Å². The van der Waals surface area contributed by atoms with Crippen molar-refractivity contribution in [2.45, 2.75) is 33.1 Å². The maximum atomic E-state index is 13.7. The average Bonchev–Trinajstić information content (AvgIpc) is 2.41. The molecule has 4 heteroatoms. The van der Waals surface area contributed by atoms with E-state index in [0.717, 1.165) is 5.56 Å². The van der Waals surface area contributed by atoms with E-state index < -0.39 is 19.7 Å². The summed E-state index contributed by atoms with van der Waals surface area (Å²) in [6.07, 6.45) is 0. The first-order valence-electron chi connectivity index (χ1n) is 7.06. The molecule has 2 rings (SSSR count). The van der Waals surface area contributed by atoms with Crippen molar-refractivity contribution in [3.63, 3.8) is 0 Å². The molecule has 0 aliphatic rings. The fourth-order valence-corrected chi connectivity index (χ4v) is 3.27. The number of benzene rings is 2. The number of aryl methyl sites for hydroxylation is 1. The Hall–Kier alpha value is -1.68. The molecule has 0 fully saturated rings. The largest absolute Gasteiger partial charge is 0.379 e. The van der Waals surface area contributed by atoms with Crippen LogP contribution in [0.15, 0.2) is 36.4 Å². The van der Waals surface area contributed by atoms with E-state index >= 15 is 0 Å². The van der Waals surface area contributed by atoms with Crippen LogP contribution in [-0.4, -0.2) is 8.07 Å². The van der Waals surface area contributed by atoms with Gasteiger partial charge in [-0.25, -0.2) is 8.78 Å². The van der Waals surface area contributed by atoms with E-state index in [2.05, 4.69) is 37.1 Å². The van der Waals surface area contributed by atoms with Gasteiger partial charge in [0, 0.05) is 12.6 Å². The van der Waals surface area contributed by atoms with Gasteiger partial charge in [0.15, 0.2) is 0 Å². The van der Waals surface area contributed by atoms with Crippen LogP contribution in [0.2, 0.25) is 19.6 Å². The summed E-state index contributed by atoms with van der Waals surface area (Å²) in [6.45, 7) is 8.92. The molecule has 0 bridgehead atoms. The zero-order chi connectivity index (χ0) is 15.6. The normalized spacial score (nSPS) is 11.5. The molecule has 0 aliphatic heterocycles. The van der Waals surface area contributed by atoms with Gasteiger partial charge in [0.2, 0.25) is 0 Å². The molecular weight excluding hydrogens is 284 g/mol. The van der Waals surface area contributed by atoms with Crippen LogP contribution in [0.4, 0.5) is 14.5 Å². The summed E-state index contributed by atoms with van der Waals surface area (Å²) in [7, 11) is -1.30. The van der Waals surface area contributed by atoms with Crippen molar-refractivity contribution in [2.75, 3.05) is 5.32 Å². The molecule has 0 aliphatic carbocycles. The predicted octanol–water partition coefficient (Wildman–Crippen LogP) is 4.43. The fourth-order valence-electron chi connectivity index (χ4n) is 2.10. The van der Waals surface area contributed by atoms with Crippen LogP contribution < -0.4 is 10.5 Å². The molecule has 0 saturated heterocycles. The first-order valence-corrected chi connectivity index (χ1v) is 10.6. The number of hydrogen-bond acceptors (Lipinski definition) is 1. The fraction of sp³-hybridized carbons (Fsp3) is 0.294. The summed E-state index contributed by atoms with van der Waals surface area (Å²) in [5.74, 6) is -0.819. The molecule has 0 spiro atoms. The van der Waals surface area contributed by atoms with E-state index in [4.69, 9.17) is 0 Å². The SMILES string of the molecule is Cc1cc(F)c(NCc2ccc([Si](C)(C)C)cc2)cc1F. The van der Waals surface area contributed by atoms with E-state index in [1.165, 1.54) is 17.3 Å². The summed E-state index contributed by atoms with van der Waals surface area (Å²) in [5, 5.41) is 4.34. The highest BCUT2D eigenvalue weighted by atomic mass is 28.3. The van der Waals surface area contributed by atoms with E-state index in [9.17, 15) is 8.78 Å². The van der Waals surface area contributed by atoms with Crippen molar-refractivity contribution in [2.24, 2.45) is 0 Å². The van der Waals surface area contributed by atoms with Crippen LogP contribution in [0.25, 0.3) is 0 Å². The Morgan fingerprint density at radius 2 is 1.57 bits per heavy atom. The molecule has 0 aromatic heterocycles. The topological polar surface area (TPSA) is 12.0 Å². The smallest absolute Gasteiger partial charge is 0.146 e. The van der Waals surface area contributed by atoms with Crippen molar-refractivity contribution in [1.82, 2.24) is 0 Å². The van der Waals surface area contributed by atoms with Crippen LogP contribution in [0.1, 0.15) is 11.1 Å². The van der Waals surface area contributed by atoms with Gasteiger partial charge < -0.3 is 5.32 Å². The second-order valence-electron chi connectivity index (χ2n) is 6.38. The highest BCUT2D eigenvalue weighted by Crippen LogP contribution is 2.19. The number of hydrogen-bond donors (Lipinski definition) is 1. The predicted molar refractivity (Wildman–Crippen MR) is 87.8 cm³/mol. The van der Waals surface area contributed by atoms with Crippen LogP contribution in [0.5, 0.6) is 0 Å². The second-order valence-corrected chi connectivity index (χ2v) is 11.5. The lowest BCUT2D eigenvalue weighted by molar-refractivity contribution is 0.594. The monoisotopic (exact) mass is 305 g/mol. The summed E-state index contributed by atoms with van der Waals surface area (Å²) < 4.78 is 27.2. The lowest BCUT2D eigenvalue weighted by Gasteiger charge is -2.17. The molecule has 21 heavy (non-hydrogen) atoms. The molecule has 1 N–H and O–H groups in total. The Kier molecular flexibility index (Phi) is 4.47. The molecule has 1 nitrogen and oxygen atoms in total. The number of nitrogens with one attached hydrogen (secondary N) is 1. The Morgan fingerprint density at radius 1 is 0.952 bits per heavy atom. The van der Waals surface area contributed by atoms with Gasteiger partial charge in [-0.3, -0.25) is 0 Å². The van der Waals surface area contributed by atoms with Crippen molar-refractivity contribution in [3.05, 3.63) is 59.2 Å². The van der Waals surface area contributed by atoms with Gasteiger partial charge in [-0.15, -0.1) is 0 Å². The van der Waals surface area contributed by atoms with Crippen LogP contribution in [0, 0.1) is 18.6 Å². The summed E-state index contributed by atoms with van der Waals surface area (Å²) >= 11 is 0. The van der Waals surface area contributed by atoms with Gasteiger partial charge in [-0.1, -0.05) is 49.1 Å². The highest BCUT2D eigenvalue weighted by molar-refractivity contribution is 6.88. The molecule has 0 saturated carbocycles. The lowest BCUT2D eigenvalue weighted by Crippen LogP contribution is -2.37. The Morgan fingerprint density at radius 3 is 2.14 bits per heavy atom.